The first kappa shape index (κ1) is 12.4. The van der Waals surface area contributed by atoms with Crippen LogP contribution in [-0.4, -0.2) is 25.0 Å². The van der Waals surface area contributed by atoms with Crippen LogP contribution in [0.5, 0.6) is 0 Å². The summed E-state index contributed by atoms with van der Waals surface area (Å²) in [6, 6.07) is 0.199. The third kappa shape index (κ3) is 5.64. The van der Waals surface area contributed by atoms with Crippen molar-refractivity contribution in [3.63, 3.8) is 0 Å². The van der Waals surface area contributed by atoms with Crippen molar-refractivity contribution in [2.75, 3.05) is 13.1 Å². The van der Waals surface area contributed by atoms with E-state index in [9.17, 15) is 4.79 Å². The fraction of sp³-hybridized carbons (Fsp3) is 0.900. The lowest BCUT2D eigenvalue weighted by molar-refractivity contribution is -0.120. The van der Waals surface area contributed by atoms with Crippen LogP contribution in [-0.2, 0) is 4.79 Å². The molecule has 0 aromatic heterocycles. The summed E-state index contributed by atoms with van der Waals surface area (Å²) in [5.41, 5.74) is 0.105. The van der Waals surface area contributed by atoms with Gasteiger partial charge in [0.15, 0.2) is 0 Å². The Labute approximate surface area is 81.3 Å². The molecule has 0 unspecified atom stereocenters. The minimum atomic E-state index is 0.0397. The van der Waals surface area contributed by atoms with Gasteiger partial charge in [-0.3, -0.25) is 4.79 Å². The molecule has 3 heteroatoms. The molecule has 0 aliphatic heterocycles. The van der Waals surface area contributed by atoms with E-state index >= 15 is 0 Å². The summed E-state index contributed by atoms with van der Waals surface area (Å²) in [5.74, 6) is 0.0397. The molecule has 0 aliphatic carbocycles. The average molecular weight is 186 g/mol. The molecule has 0 saturated carbocycles. The SMILES string of the molecule is CCNC[C@@H](NC(C)=O)C(C)(C)C. The smallest absolute Gasteiger partial charge is 0.217 e. The summed E-state index contributed by atoms with van der Waals surface area (Å²) in [5, 5.41) is 6.20. The van der Waals surface area contributed by atoms with Crippen LogP contribution >= 0.6 is 0 Å². The van der Waals surface area contributed by atoms with Crippen molar-refractivity contribution in [1.29, 1.82) is 0 Å². The van der Waals surface area contributed by atoms with Crippen molar-refractivity contribution in [3.05, 3.63) is 0 Å². The molecule has 0 fully saturated rings. The molecule has 0 bridgehead atoms. The fourth-order valence-corrected chi connectivity index (χ4v) is 1.11. The Hall–Kier alpha value is -0.570. The molecule has 13 heavy (non-hydrogen) atoms. The standard InChI is InChI=1S/C10H22N2O/c1-6-11-7-9(10(3,4)5)12-8(2)13/h9,11H,6-7H2,1-5H3,(H,12,13)/t9-/m1/s1. The maximum atomic E-state index is 10.9. The maximum Gasteiger partial charge on any atom is 0.217 e. The van der Waals surface area contributed by atoms with Gasteiger partial charge in [-0.05, 0) is 12.0 Å². The highest BCUT2D eigenvalue weighted by Gasteiger charge is 2.24. The Balaban J connectivity index is 4.11. The average Bonchev–Trinajstić information content (AvgIpc) is 1.95. The van der Waals surface area contributed by atoms with Crippen LogP contribution < -0.4 is 10.6 Å². The lowest BCUT2D eigenvalue weighted by Crippen LogP contribution is -2.49. The molecule has 1 atom stereocenters. The third-order valence-electron chi connectivity index (χ3n) is 2.02. The predicted molar refractivity (Wildman–Crippen MR) is 55.6 cm³/mol. The van der Waals surface area contributed by atoms with Gasteiger partial charge in [0.25, 0.3) is 0 Å². The molecule has 0 heterocycles. The van der Waals surface area contributed by atoms with E-state index in [0.717, 1.165) is 13.1 Å². The van der Waals surface area contributed by atoms with E-state index in [4.69, 9.17) is 0 Å². The molecule has 0 saturated heterocycles. The third-order valence-corrected chi connectivity index (χ3v) is 2.02. The summed E-state index contributed by atoms with van der Waals surface area (Å²) < 4.78 is 0. The molecular weight excluding hydrogens is 164 g/mol. The molecule has 1 amide bonds. The minimum absolute atomic E-state index is 0.0397. The number of rotatable bonds is 4. The van der Waals surface area contributed by atoms with Crippen LogP contribution in [0.4, 0.5) is 0 Å². The van der Waals surface area contributed by atoms with Crippen LogP contribution in [0, 0.1) is 5.41 Å². The van der Waals surface area contributed by atoms with Crippen LogP contribution in [0.2, 0.25) is 0 Å². The highest BCUT2D eigenvalue weighted by molar-refractivity contribution is 5.73. The van der Waals surface area contributed by atoms with E-state index < -0.39 is 0 Å². The lowest BCUT2D eigenvalue weighted by Gasteiger charge is -2.31. The maximum absolute atomic E-state index is 10.9. The van der Waals surface area contributed by atoms with Gasteiger partial charge in [-0.25, -0.2) is 0 Å². The van der Waals surface area contributed by atoms with Gasteiger partial charge in [-0.15, -0.1) is 0 Å². The van der Waals surface area contributed by atoms with Gasteiger partial charge in [0, 0.05) is 19.5 Å². The Morgan fingerprint density at radius 3 is 2.23 bits per heavy atom. The second kappa shape index (κ2) is 5.22. The number of hydrogen-bond donors (Lipinski definition) is 2. The Bertz CT molecular complexity index is 161. The summed E-state index contributed by atoms with van der Waals surface area (Å²) in [6.07, 6.45) is 0. The van der Waals surface area contributed by atoms with Gasteiger partial charge in [0.2, 0.25) is 5.91 Å². The van der Waals surface area contributed by atoms with E-state index in [-0.39, 0.29) is 17.4 Å². The minimum Gasteiger partial charge on any atom is -0.352 e. The molecule has 0 aromatic carbocycles. The number of likely N-dealkylation sites (N-methyl/N-ethyl adjacent to an activating group) is 1. The molecule has 0 spiro atoms. The zero-order valence-electron chi connectivity index (χ0n) is 9.40. The molecule has 0 radical (unpaired) electrons. The number of hydrogen-bond acceptors (Lipinski definition) is 2. The normalized spacial score (nSPS) is 13.9. The van der Waals surface area contributed by atoms with Crippen LogP contribution in [0.15, 0.2) is 0 Å². The molecule has 78 valence electrons. The van der Waals surface area contributed by atoms with Gasteiger partial charge in [-0.1, -0.05) is 27.7 Å². The summed E-state index contributed by atoms with van der Waals surface area (Å²) in [6.45, 7) is 11.8. The monoisotopic (exact) mass is 186 g/mol. The summed E-state index contributed by atoms with van der Waals surface area (Å²) >= 11 is 0. The first-order chi connectivity index (χ1) is 5.88. The Morgan fingerprint density at radius 2 is 1.92 bits per heavy atom. The van der Waals surface area contributed by atoms with Crippen LogP contribution in [0.1, 0.15) is 34.6 Å². The van der Waals surface area contributed by atoms with Gasteiger partial charge in [0.05, 0.1) is 0 Å². The number of carbonyl (C=O) groups excluding carboxylic acids is 1. The second-order valence-electron chi connectivity index (χ2n) is 4.43. The van der Waals surface area contributed by atoms with Crippen LogP contribution in [0.25, 0.3) is 0 Å². The van der Waals surface area contributed by atoms with Gasteiger partial charge in [0.1, 0.15) is 0 Å². The summed E-state index contributed by atoms with van der Waals surface area (Å²) in [4.78, 5) is 10.9. The number of amides is 1. The number of nitrogens with one attached hydrogen (secondary N) is 2. The van der Waals surface area contributed by atoms with Crippen molar-refractivity contribution in [2.24, 2.45) is 5.41 Å². The Morgan fingerprint density at radius 1 is 1.38 bits per heavy atom. The highest BCUT2D eigenvalue weighted by Crippen LogP contribution is 2.18. The molecule has 3 nitrogen and oxygen atoms in total. The predicted octanol–water partition coefficient (Wildman–Crippen LogP) is 1.15. The van der Waals surface area contributed by atoms with Crippen LogP contribution in [0.3, 0.4) is 0 Å². The number of carbonyl (C=O) groups is 1. The van der Waals surface area contributed by atoms with E-state index in [2.05, 4.69) is 38.3 Å². The van der Waals surface area contributed by atoms with Crippen molar-refractivity contribution in [2.45, 2.75) is 40.7 Å². The van der Waals surface area contributed by atoms with Crippen molar-refractivity contribution in [1.82, 2.24) is 10.6 Å². The van der Waals surface area contributed by atoms with E-state index in [0.29, 0.717) is 0 Å². The van der Waals surface area contributed by atoms with Crippen molar-refractivity contribution in [3.8, 4) is 0 Å². The Kier molecular flexibility index (Phi) is 4.99. The first-order valence-corrected chi connectivity index (χ1v) is 4.85. The van der Waals surface area contributed by atoms with Crippen molar-refractivity contribution < 1.29 is 4.79 Å². The molecular formula is C10H22N2O. The highest BCUT2D eigenvalue weighted by atomic mass is 16.1. The second-order valence-corrected chi connectivity index (χ2v) is 4.43. The van der Waals surface area contributed by atoms with E-state index in [1.807, 2.05) is 0 Å². The lowest BCUT2D eigenvalue weighted by atomic mass is 9.86. The first-order valence-electron chi connectivity index (χ1n) is 4.85. The van der Waals surface area contributed by atoms with Gasteiger partial charge < -0.3 is 10.6 Å². The van der Waals surface area contributed by atoms with E-state index in [1.165, 1.54) is 0 Å². The summed E-state index contributed by atoms with van der Waals surface area (Å²) in [7, 11) is 0. The largest absolute Gasteiger partial charge is 0.352 e. The fourth-order valence-electron chi connectivity index (χ4n) is 1.11. The molecule has 0 aliphatic rings. The quantitative estimate of drug-likeness (QED) is 0.691. The molecule has 0 aromatic rings. The van der Waals surface area contributed by atoms with E-state index in [1.54, 1.807) is 6.92 Å². The zero-order valence-corrected chi connectivity index (χ0v) is 9.40. The molecule has 2 N–H and O–H groups in total. The van der Waals surface area contributed by atoms with Gasteiger partial charge in [-0.2, -0.15) is 0 Å². The molecule has 0 rings (SSSR count). The van der Waals surface area contributed by atoms with Gasteiger partial charge >= 0.3 is 0 Å². The zero-order chi connectivity index (χ0) is 10.5. The topological polar surface area (TPSA) is 41.1 Å². The van der Waals surface area contributed by atoms with Crippen molar-refractivity contribution >= 4 is 5.91 Å².